The second-order valence-electron chi connectivity index (χ2n) is 5.52. The molecule has 116 valence electrons. The van der Waals surface area contributed by atoms with E-state index in [-0.39, 0.29) is 10.6 Å². The highest BCUT2D eigenvalue weighted by molar-refractivity contribution is 5.39. The summed E-state index contributed by atoms with van der Waals surface area (Å²) < 4.78 is 5.37. The lowest BCUT2D eigenvalue weighted by Gasteiger charge is -2.34. The van der Waals surface area contributed by atoms with Crippen LogP contribution in [0, 0.1) is 10.1 Å². The van der Waals surface area contributed by atoms with E-state index in [0.29, 0.717) is 6.54 Å². The number of nitro benzene ring substituents is 1. The molecule has 0 amide bonds. The van der Waals surface area contributed by atoms with Gasteiger partial charge in [-0.25, -0.2) is 0 Å². The van der Waals surface area contributed by atoms with Gasteiger partial charge in [-0.05, 0) is 12.1 Å². The SMILES string of the molecule is O=[N+]([O-])c1ccccc1CN1CCN(Cc2ccco2)CC1. The van der Waals surface area contributed by atoms with Gasteiger partial charge in [0.25, 0.3) is 5.69 Å². The van der Waals surface area contributed by atoms with E-state index in [9.17, 15) is 10.1 Å². The highest BCUT2D eigenvalue weighted by Gasteiger charge is 2.20. The van der Waals surface area contributed by atoms with Crippen molar-refractivity contribution >= 4 is 5.69 Å². The Bertz CT molecular complexity index is 619. The Hall–Kier alpha value is -2.18. The van der Waals surface area contributed by atoms with E-state index in [1.54, 1.807) is 18.4 Å². The van der Waals surface area contributed by atoms with E-state index in [4.69, 9.17) is 4.42 Å². The summed E-state index contributed by atoms with van der Waals surface area (Å²) in [5.74, 6) is 0.979. The van der Waals surface area contributed by atoms with Crippen LogP contribution in [0.3, 0.4) is 0 Å². The van der Waals surface area contributed by atoms with Crippen molar-refractivity contribution in [2.75, 3.05) is 26.2 Å². The second kappa shape index (κ2) is 6.72. The van der Waals surface area contributed by atoms with Crippen LogP contribution in [0.4, 0.5) is 5.69 Å². The fourth-order valence-corrected chi connectivity index (χ4v) is 2.79. The molecule has 0 bridgehead atoms. The summed E-state index contributed by atoms with van der Waals surface area (Å²) in [6, 6.07) is 10.9. The molecule has 0 aliphatic carbocycles. The van der Waals surface area contributed by atoms with E-state index in [1.165, 1.54) is 0 Å². The number of nitro groups is 1. The molecule has 2 aromatic rings. The van der Waals surface area contributed by atoms with Crippen molar-refractivity contribution in [1.29, 1.82) is 0 Å². The summed E-state index contributed by atoms with van der Waals surface area (Å²) in [4.78, 5) is 15.4. The molecule has 1 aromatic heterocycles. The zero-order valence-electron chi connectivity index (χ0n) is 12.4. The van der Waals surface area contributed by atoms with Crippen LogP contribution in [0.25, 0.3) is 0 Å². The van der Waals surface area contributed by atoms with Crippen LogP contribution in [0.2, 0.25) is 0 Å². The molecular weight excluding hydrogens is 282 g/mol. The van der Waals surface area contributed by atoms with Crippen LogP contribution in [-0.2, 0) is 13.1 Å². The van der Waals surface area contributed by atoms with Gasteiger partial charge < -0.3 is 4.42 Å². The number of para-hydroxylation sites is 1. The zero-order chi connectivity index (χ0) is 15.4. The minimum absolute atomic E-state index is 0.209. The smallest absolute Gasteiger partial charge is 0.273 e. The van der Waals surface area contributed by atoms with Crippen LogP contribution in [0.1, 0.15) is 11.3 Å². The molecule has 1 fully saturated rings. The van der Waals surface area contributed by atoms with Crippen molar-refractivity contribution < 1.29 is 9.34 Å². The fourth-order valence-electron chi connectivity index (χ4n) is 2.79. The first-order valence-corrected chi connectivity index (χ1v) is 7.42. The predicted molar refractivity (Wildman–Crippen MR) is 82.4 cm³/mol. The molecule has 2 heterocycles. The van der Waals surface area contributed by atoms with Crippen molar-refractivity contribution in [3.63, 3.8) is 0 Å². The van der Waals surface area contributed by atoms with Gasteiger partial charge in [-0.2, -0.15) is 0 Å². The Kier molecular flexibility index (Phi) is 4.50. The highest BCUT2D eigenvalue weighted by atomic mass is 16.6. The largest absolute Gasteiger partial charge is 0.468 e. The normalized spacial score (nSPS) is 16.7. The van der Waals surface area contributed by atoms with Crippen molar-refractivity contribution in [1.82, 2.24) is 9.80 Å². The number of furan rings is 1. The second-order valence-corrected chi connectivity index (χ2v) is 5.52. The van der Waals surface area contributed by atoms with Gasteiger partial charge in [0.15, 0.2) is 0 Å². The summed E-state index contributed by atoms with van der Waals surface area (Å²) >= 11 is 0. The first kappa shape index (κ1) is 14.7. The van der Waals surface area contributed by atoms with Gasteiger partial charge in [0.1, 0.15) is 5.76 Å². The number of nitrogens with zero attached hydrogens (tertiary/aromatic N) is 3. The molecule has 1 aliphatic rings. The Labute approximate surface area is 129 Å². The van der Waals surface area contributed by atoms with E-state index in [0.717, 1.165) is 44.0 Å². The third-order valence-corrected chi connectivity index (χ3v) is 4.01. The average molecular weight is 301 g/mol. The van der Waals surface area contributed by atoms with Crippen molar-refractivity contribution in [3.8, 4) is 0 Å². The predicted octanol–water partition coefficient (Wildman–Crippen LogP) is 2.51. The van der Waals surface area contributed by atoms with Gasteiger partial charge in [-0.3, -0.25) is 19.9 Å². The summed E-state index contributed by atoms with van der Waals surface area (Å²) in [7, 11) is 0. The molecule has 0 unspecified atom stereocenters. The number of benzene rings is 1. The van der Waals surface area contributed by atoms with Crippen LogP contribution in [0.15, 0.2) is 47.1 Å². The maximum atomic E-state index is 11.1. The monoisotopic (exact) mass is 301 g/mol. The fraction of sp³-hybridized carbons (Fsp3) is 0.375. The van der Waals surface area contributed by atoms with E-state index in [2.05, 4.69) is 9.80 Å². The molecule has 0 N–H and O–H groups in total. The number of rotatable bonds is 5. The zero-order valence-corrected chi connectivity index (χ0v) is 12.4. The summed E-state index contributed by atoms with van der Waals surface area (Å²) in [5, 5.41) is 11.1. The van der Waals surface area contributed by atoms with E-state index >= 15 is 0 Å². The molecule has 1 aliphatic heterocycles. The Morgan fingerprint density at radius 2 is 1.68 bits per heavy atom. The molecule has 0 spiro atoms. The number of piperazine rings is 1. The van der Waals surface area contributed by atoms with Gasteiger partial charge in [0, 0.05) is 44.4 Å². The quantitative estimate of drug-likeness (QED) is 0.627. The van der Waals surface area contributed by atoms with E-state index in [1.807, 2.05) is 24.3 Å². The molecule has 1 saturated heterocycles. The van der Waals surface area contributed by atoms with Gasteiger partial charge in [-0.1, -0.05) is 18.2 Å². The number of hydrogen-bond donors (Lipinski definition) is 0. The van der Waals surface area contributed by atoms with E-state index < -0.39 is 0 Å². The minimum atomic E-state index is -0.303. The molecule has 0 radical (unpaired) electrons. The highest BCUT2D eigenvalue weighted by Crippen LogP contribution is 2.20. The average Bonchev–Trinajstić information content (AvgIpc) is 3.02. The first-order chi connectivity index (χ1) is 10.7. The maximum absolute atomic E-state index is 11.1. The molecule has 22 heavy (non-hydrogen) atoms. The summed E-state index contributed by atoms with van der Waals surface area (Å²) in [6.07, 6.45) is 1.69. The van der Waals surface area contributed by atoms with Crippen LogP contribution in [-0.4, -0.2) is 40.9 Å². The lowest BCUT2D eigenvalue weighted by Crippen LogP contribution is -2.45. The molecule has 1 aromatic carbocycles. The summed E-state index contributed by atoms with van der Waals surface area (Å²) in [5.41, 5.74) is 0.993. The standard InChI is InChI=1S/C16H19N3O3/c20-19(21)16-6-2-1-4-14(16)12-17-7-9-18(10-8-17)13-15-5-3-11-22-15/h1-6,11H,7-10,12-13H2. The van der Waals surface area contributed by atoms with Gasteiger partial charge in [-0.15, -0.1) is 0 Å². The molecule has 6 nitrogen and oxygen atoms in total. The Morgan fingerprint density at radius 3 is 2.32 bits per heavy atom. The first-order valence-electron chi connectivity index (χ1n) is 7.42. The third kappa shape index (κ3) is 3.52. The van der Waals surface area contributed by atoms with Crippen molar-refractivity contribution in [2.24, 2.45) is 0 Å². The van der Waals surface area contributed by atoms with Gasteiger partial charge in [0.05, 0.1) is 17.7 Å². The molecule has 0 atom stereocenters. The summed E-state index contributed by atoms with van der Waals surface area (Å²) in [6.45, 7) is 5.17. The molecular formula is C16H19N3O3. The number of hydrogen-bond acceptors (Lipinski definition) is 5. The molecule has 6 heteroatoms. The van der Waals surface area contributed by atoms with Gasteiger partial charge in [0.2, 0.25) is 0 Å². The third-order valence-electron chi connectivity index (χ3n) is 4.01. The Morgan fingerprint density at radius 1 is 1.00 bits per heavy atom. The molecule has 0 saturated carbocycles. The van der Waals surface area contributed by atoms with Crippen molar-refractivity contribution in [3.05, 3.63) is 64.1 Å². The minimum Gasteiger partial charge on any atom is -0.468 e. The van der Waals surface area contributed by atoms with Crippen LogP contribution >= 0.6 is 0 Å². The maximum Gasteiger partial charge on any atom is 0.273 e. The van der Waals surface area contributed by atoms with Crippen molar-refractivity contribution in [2.45, 2.75) is 13.1 Å². The molecule has 3 rings (SSSR count). The van der Waals surface area contributed by atoms with Crippen LogP contribution < -0.4 is 0 Å². The lowest BCUT2D eigenvalue weighted by molar-refractivity contribution is -0.385. The topological polar surface area (TPSA) is 62.8 Å². The van der Waals surface area contributed by atoms with Crippen LogP contribution in [0.5, 0.6) is 0 Å². The van der Waals surface area contributed by atoms with Gasteiger partial charge >= 0.3 is 0 Å². The lowest BCUT2D eigenvalue weighted by atomic mass is 10.1. The Balaban J connectivity index is 1.55.